The summed E-state index contributed by atoms with van der Waals surface area (Å²) in [5.41, 5.74) is 1.92. The third kappa shape index (κ3) is 3.83. The van der Waals surface area contributed by atoms with Crippen LogP contribution in [0.5, 0.6) is 0 Å². The van der Waals surface area contributed by atoms with Crippen LogP contribution in [0.3, 0.4) is 0 Å². The second-order valence-corrected chi connectivity index (χ2v) is 7.72. The van der Waals surface area contributed by atoms with Crippen molar-refractivity contribution in [2.45, 2.75) is 18.4 Å². The molecule has 0 saturated heterocycles. The van der Waals surface area contributed by atoms with Gasteiger partial charge in [0.1, 0.15) is 0 Å². The van der Waals surface area contributed by atoms with Crippen molar-refractivity contribution in [1.29, 1.82) is 0 Å². The Morgan fingerprint density at radius 3 is 2.62 bits per heavy atom. The van der Waals surface area contributed by atoms with Crippen LogP contribution in [0.4, 0.5) is 5.69 Å². The molecule has 5 nitrogen and oxygen atoms in total. The van der Waals surface area contributed by atoms with Crippen molar-refractivity contribution < 1.29 is 18.3 Å². The fourth-order valence-corrected chi connectivity index (χ4v) is 3.23. The molecule has 2 aromatic rings. The van der Waals surface area contributed by atoms with Gasteiger partial charge < -0.3 is 10.4 Å². The molecule has 0 aliphatic rings. The van der Waals surface area contributed by atoms with Gasteiger partial charge in [0, 0.05) is 28.7 Å². The summed E-state index contributed by atoms with van der Waals surface area (Å²) in [4.78, 5) is 11.9. The Labute approximate surface area is 127 Å². The molecule has 0 amide bonds. The molecule has 1 heterocycles. The minimum Gasteiger partial charge on any atom is -0.478 e. The van der Waals surface area contributed by atoms with E-state index in [2.05, 4.69) is 5.32 Å². The van der Waals surface area contributed by atoms with Gasteiger partial charge in [-0.3, -0.25) is 0 Å². The molecule has 0 radical (unpaired) electrons. The molecule has 0 fully saturated rings. The zero-order chi connectivity index (χ0) is 15.6. The van der Waals surface area contributed by atoms with Crippen molar-refractivity contribution in [3.63, 3.8) is 0 Å². The zero-order valence-corrected chi connectivity index (χ0v) is 13.2. The third-order valence-electron chi connectivity index (χ3n) is 2.99. The molecule has 2 rings (SSSR count). The monoisotopic (exact) mass is 325 g/mol. The molecule has 1 aromatic carbocycles. The number of benzene rings is 1. The fourth-order valence-electron chi connectivity index (χ4n) is 1.79. The molecule has 0 saturated carbocycles. The fraction of sp³-hybridized carbons (Fsp3) is 0.214. The molecule has 0 aliphatic carbocycles. The molecule has 0 aliphatic heterocycles. The molecule has 7 heteroatoms. The summed E-state index contributed by atoms with van der Waals surface area (Å²) in [5, 5.41) is 13.6. The predicted octanol–water partition coefficient (Wildman–Crippen LogP) is 2.77. The minimum absolute atomic E-state index is 0.257. The highest BCUT2D eigenvalue weighted by Crippen LogP contribution is 2.22. The first-order valence-corrected chi connectivity index (χ1v) is 8.90. The highest BCUT2D eigenvalue weighted by Gasteiger charge is 2.10. The van der Waals surface area contributed by atoms with Gasteiger partial charge in [-0.15, -0.1) is 11.3 Å². The standard InChI is InChI=1S/C14H15NO4S2/c1-9-3-4-12(21(2,18)19)6-13(9)15-7-11-5-10(8-20-11)14(16)17/h3-6,8,15H,7H2,1-2H3,(H,16,17). The number of carboxylic acid groups (broad SMARTS) is 1. The van der Waals surface area contributed by atoms with Crippen LogP contribution in [0, 0.1) is 6.92 Å². The number of aryl methyl sites for hydroxylation is 1. The van der Waals surface area contributed by atoms with Crippen LogP contribution in [0.15, 0.2) is 34.5 Å². The predicted molar refractivity (Wildman–Crippen MR) is 82.9 cm³/mol. The van der Waals surface area contributed by atoms with Gasteiger partial charge in [-0.2, -0.15) is 0 Å². The quantitative estimate of drug-likeness (QED) is 0.883. The molecule has 1 aromatic heterocycles. The smallest absolute Gasteiger partial charge is 0.336 e. The van der Waals surface area contributed by atoms with Crippen molar-refractivity contribution in [3.05, 3.63) is 45.6 Å². The van der Waals surface area contributed by atoms with Crippen LogP contribution in [0.25, 0.3) is 0 Å². The summed E-state index contributed by atoms with van der Waals surface area (Å²) >= 11 is 1.35. The van der Waals surface area contributed by atoms with E-state index in [0.29, 0.717) is 6.54 Å². The Morgan fingerprint density at radius 1 is 1.33 bits per heavy atom. The number of carbonyl (C=O) groups is 1. The maximum Gasteiger partial charge on any atom is 0.336 e. The van der Waals surface area contributed by atoms with Crippen LogP contribution >= 0.6 is 11.3 Å². The molecule has 21 heavy (non-hydrogen) atoms. The van der Waals surface area contributed by atoms with Crippen molar-refractivity contribution >= 4 is 32.8 Å². The first-order valence-electron chi connectivity index (χ1n) is 6.12. The van der Waals surface area contributed by atoms with Crippen LogP contribution in [-0.4, -0.2) is 25.7 Å². The van der Waals surface area contributed by atoms with Crippen molar-refractivity contribution in [3.8, 4) is 0 Å². The molecule has 0 unspecified atom stereocenters. The number of nitrogens with one attached hydrogen (secondary N) is 1. The van der Waals surface area contributed by atoms with Crippen molar-refractivity contribution in [1.82, 2.24) is 0 Å². The van der Waals surface area contributed by atoms with E-state index in [1.54, 1.807) is 29.6 Å². The van der Waals surface area contributed by atoms with Gasteiger partial charge in [-0.05, 0) is 30.7 Å². The van der Waals surface area contributed by atoms with Gasteiger partial charge in [0.15, 0.2) is 9.84 Å². The van der Waals surface area contributed by atoms with Crippen molar-refractivity contribution in [2.75, 3.05) is 11.6 Å². The molecule has 0 spiro atoms. The van der Waals surface area contributed by atoms with Crippen LogP contribution in [0.1, 0.15) is 20.8 Å². The van der Waals surface area contributed by atoms with E-state index in [1.807, 2.05) is 6.92 Å². The Balaban J connectivity index is 2.17. The lowest BCUT2D eigenvalue weighted by Gasteiger charge is -2.10. The van der Waals surface area contributed by atoms with Crippen molar-refractivity contribution in [2.24, 2.45) is 0 Å². The van der Waals surface area contributed by atoms with Gasteiger partial charge >= 0.3 is 5.97 Å². The number of rotatable bonds is 5. The molecule has 0 atom stereocenters. The highest BCUT2D eigenvalue weighted by molar-refractivity contribution is 7.90. The van der Waals surface area contributed by atoms with Gasteiger partial charge in [-0.25, -0.2) is 13.2 Å². The Bertz CT molecular complexity index is 778. The SMILES string of the molecule is Cc1ccc(S(C)(=O)=O)cc1NCc1cc(C(=O)O)cs1. The van der Waals surface area contributed by atoms with E-state index in [4.69, 9.17) is 5.11 Å². The maximum absolute atomic E-state index is 11.6. The average Bonchev–Trinajstić information content (AvgIpc) is 2.85. The number of carboxylic acids is 1. The van der Waals surface area contributed by atoms with E-state index < -0.39 is 15.8 Å². The average molecular weight is 325 g/mol. The van der Waals surface area contributed by atoms with E-state index >= 15 is 0 Å². The molecule has 112 valence electrons. The minimum atomic E-state index is -3.25. The summed E-state index contributed by atoms with van der Waals surface area (Å²) in [7, 11) is -3.25. The second-order valence-electron chi connectivity index (χ2n) is 4.71. The van der Waals surface area contributed by atoms with Gasteiger partial charge in [0.05, 0.1) is 10.5 Å². The first-order chi connectivity index (χ1) is 9.77. The maximum atomic E-state index is 11.6. The third-order valence-corrected chi connectivity index (χ3v) is 5.04. The molecular formula is C14H15NO4S2. The molecule has 0 bridgehead atoms. The number of aromatic carboxylic acids is 1. The summed E-state index contributed by atoms with van der Waals surface area (Å²) in [6, 6.07) is 6.52. The van der Waals surface area contributed by atoms with Crippen LogP contribution < -0.4 is 5.32 Å². The second kappa shape index (κ2) is 5.87. The lowest BCUT2D eigenvalue weighted by Crippen LogP contribution is -2.03. The molecular weight excluding hydrogens is 310 g/mol. The summed E-state index contributed by atoms with van der Waals surface area (Å²) in [5.74, 6) is -0.951. The number of thiophene rings is 1. The Kier molecular flexibility index (Phi) is 4.34. The van der Waals surface area contributed by atoms with E-state index in [0.717, 1.165) is 16.1 Å². The van der Waals surface area contributed by atoms with E-state index in [1.165, 1.54) is 17.6 Å². The Hall–Kier alpha value is -1.86. The van der Waals surface area contributed by atoms with Crippen LogP contribution in [-0.2, 0) is 16.4 Å². The van der Waals surface area contributed by atoms with Gasteiger partial charge in [0.2, 0.25) is 0 Å². The highest BCUT2D eigenvalue weighted by atomic mass is 32.2. The number of anilines is 1. The molecule has 2 N–H and O–H groups in total. The number of hydrogen-bond acceptors (Lipinski definition) is 5. The summed E-state index contributed by atoms with van der Waals surface area (Å²) < 4.78 is 23.1. The largest absolute Gasteiger partial charge is 0.478 e. The lowest BCUT2D eigenvalue weighted by atomic mass is 10.2. The number of sulfone groups is 1. The van der Waals surface area contributed by atoms with Gasteiger partial charge in [0.25, 0.3) is 0 Å². The Morgan fingerprint density at radius 2 is 2.05 bits per heavy atom. The van der Waals surface area contributed by atoms with E-state index in [9.17, 15) is 13.2 Å². The topological polar surface area (TPSA) is 83.5 Å². The zero-order valence-electron chi connectivity index (χ0n) is 11.6. The van der Waals surface area contributed by atoms with E-state index in [-0.39, 0.29) is 10.5 Å². The van der Waals surface area contributed by atoms with Crippen LogP contribution in [0.2, 0.25) is 0 Å². The normalized spacial score (nSPS) is 11.3. The van der Waals surface area contributed by atoms with Gasteiger partial charge in [-0.1, -0.05) is 6.07 Å². The lowest BCUT2D eigenvalue weighted by molar-refractivity contribution is 0.0697. The summed E-state index contributed by atoms with van der Waals surface area (Å²) in [6.07, 6.45) is 1.17. The summed E-state index contributed by atoms with van der Waals surface area (Å²) in [6.45, 7) is 2.33. The first kappa shape index (κ1) is 15.5. The number of hydrogen-bond donors (Lipinski definition) is 2.